The van der Waals surface area contributed by atoms with Crippen LogP contribution in [0.15, 0.2) is 29.3 Å². The summed E-state index contributed by atoms with van der Waals surface area (Å²) in [4.78, 5) is 16.2. The summed E-state index contributed by atoms with van der Waals surface area (Å²) < 4.78 is 5.53. The molecule has 1 aromatic carbocycles. The van der Waals surface area contributed by atoms with Gasteiger partial charge in [0.2, 0.25) is 0 Å². The average molecular weight is 375 g/mol. The molecule has 0 bridgehead atoms. The zero-order chi connectivity index (χ0) is 19.5. The maximum absolute atomic E-state index is 11.6. The molecule has 2 rings (SSSR count). The molecular weight excluding hydrogens is 340 g/mol. The first kappa shape index (κ1) is 21.1. The molecule has 1 fully saturated rings. The molecule has 0 spiro atoms. The first-order chi connectivity index (χ1) is 13.1. The fourth-order valence-electron chi connectivity index (χ4n) is 2.50. The van der Waals surface area contributed by atoms with Gasteiger partial charge in [0.05, 0.1) is 0 Å². The molecule has 0 aromatic heterocycles. The van der Waals surface area contributed by atoms with Crippen LogP contribution < -0.4 is 20.7 Å². The Kier molecular flexibility index (Phi) is 8.95. The Balaban J connectivity index is 1.68. The van der Waals surface area contributed by atoms with E-state index in [1.54, 1.807) is 0 Å². The number of benzene rings is 1. The van der Waals surface area contributed by atoms with Crippen molar-refractivity contribution in [3.8, 4) is 5.75 Å². The first-order valence-electron chi connectivity index (χ1n) is 10.1. The number of hydrogen-bond donors (Lipinski definition) is 3. The lowest BCUT2D eigenvalue weighted by molar-refractivity contribution is -0.123. The molecule has 1 aliphatic carbocycles. The highest BCUT2D eigenvalue weighted by Gasteiger charge is 2.23. The number of nitrogens with one attached hydrogen (secondary N) is 3. The van der Waals surface area contributed by atoms with Crippen LogP contribution in [0.25, 0.3) is 0 Å². The molecule has 0 unspecified atom stereocenters. The van der Waals surface area contributed by atoms with Crippen molar-refractivity contribution in [1.29, 1.82) is 0 Å². The van der Waals surface area contributed by atoms with E-state index < -0.39 is 0 Å². The van der Waals surface area contributed by atoms with Crippen LogP contribution >= 0.6 is 0 Å². The van der Waals surface area contributed by atoms with Crippen LogP contribution in [0.1, 0.15) is 45.6 Å². The smallest absolute Gasteiger partial charge is 0.258 e. The van der Waals surface area contributed by atoms with E-state index in [-0.39, 0.29) is 12.5 Å². The number of rotatable bonds is 11. The van der Waals surface area contributed by atoms with Gasteiger partial charge in [0.25, 0.3) is 5.91 Å². The number of guanidine groups is 1. The van der Waals surface area contributed by atoms with Crippen molar-refractivity contribution >= 4 is 11.9 Å². The lowest BCUT2D eigenvalue weighted by atomic mass is 10.1. The summed E-state index contributed by atoms with van der Waals surface area (Å²) in [7, 11) is 0. The van der Waals surface area contributed by atoms with Gasteiger partial charge in [0.1, 0.15) is 5.75 Å². The van der Waals surface area contributed by atoms with Gasteiger partial charge in [-0.15, -0.1) is 0 Å². The molecule has 0 aliphatic heterocycles. The fraction of sp³-hybridized carbons (Fsp3) is 0.619. The van der Waals surface area contributed by atoms with Gasteiger partial charge in [-0.05, 0) is 56.2 Å². The predicted octanol–water partition coefficient (Wildman–Crippen LogP) is 2.49. The summed E-state index contributed by atoms with van der Waals surface area (Å²) in [5.41, 5.74) is 1.22. The van der Waals surface area contributed by atoms with E-state index in [0.717, 1.165) is 57.0 Å². The van der Waals surface area contributed by atoms with Gasteiger partial charge in [0, 0.05) is 25.7 Å². The van der Waals surface area contributed by atoms with Gasteiger partial charge >= 0.3 is 0 Å². The second-order valence-corrected chi connectivity index (χ2v) is 7.39. The maximum atomic E-state index is 11.6. The van der Waals surface area contributed by atoms with Crippen molar-refractivity contribution in [2.45, 2.75) is 52.5 Å². The third-order valence-corrected chi connectivity index (χ3v) is 4.26. The summed E-state index contributed by atoms with van der Waals surface area (Å²) in [6.07, 6.45) is 4.17. The van der Waals surface area contributed by atoms with Crippen LogP contribution in [-0.4, -0.2) is 44.1 Å². The van der Waals surface area contributed by atoms with Gasteiger partial charge in [0.15, 0.2) is 12.6 Å². The largest absolute Gasteiger partial charge is 0.484 e. The van der Waals surface area contributed by atoms with Crippen molar-refractivity contribution in [2.24, 2.45) is 10.9 Å². The number of amides is 1. The molecule has 150 valence electrons. The topological polar surface area (TPSA) is 74.8 Å². The van der Waals surface area contributed by atoms with Crippen LogP contribution in [-0.2, 0) is 11.2 Å². The Labute approximate surface area is 163 Å². The van der Waals surface area contributed by atoms with E-state index in [9.17, 15) is 4.79 Å². The molecule has 6 nitrogen and oxygen atoms in total. The highest BCUT2D eigenvalue weighted by Crippen LogP contribution is 2.18. The van der Waals surface area contributed by atoms with Crippen LogP contribution in [0.4, 0.5) is 0 Å². The van der Waals surface area contributed by atoms with E-state index in [1.165, 1.54) is 5.56 Å². The summed E-state index contributed by atoms with van der Waals surface area (Å²) >= 11 is 0. The number of hydrogen-bond acceptors (Lipinski definition) is 3. The molecule has 1 aliphatic rings. The SMILES string of the molecule is CCNC(=NCCC(C)C)NCCc1ccc(OCC(=O)NC2CC2)cc1. The fourth-order valence-corrected chi connectivity index (χ4v) is 2.50. The zero-order valence-corrected chi connectivity index (χ0v) is 16.9. The van der Waals surface area contributed by atoms with Crippen LogP contribution in [0.2, 0.25) is 0 Å². The molecule has 1 amide bonds. The lowest BCUT2D eigenvalue weighted by Gasteiger charge is -2.12. The molecule has 0 saturated heterocycles. The van der Waals surface area contributed by atoms with Crippen molar-refractivity contribution in [3.63, 3.8) is 0 Å². The van der Waals surface area contributed by atoms with Crippen LogP contribution in [0, 0.1) is 5.92 Å². The normalized spacial score (nSPS) is 14.1. The van der Waals surface area contributed by atoms with Gasteiger partial charge in [-0.2, -0.15) is 0 Å². The van der Waals surface area contributed by atoms with Crippen molar-refractivity contribution in [1.82, 2.24) is 16.0 Å². The Morgan fingerprint density at radius 1 is 1.22 bits per heavy atom. The van der Waals surface area contributed by atoms with E-state index in [1.807, 2.05) is 24.3 Å². The van der Waals surface area contributed by atoms with E-state index >= 15 is 0 Å². The van der Waals surface area contributed by atoms with Crippen LogP contribution in [0.5, 0.6) is 5.75 Å². The molecule has 0 heterocycles. The van der Waals surface area contributed by atoms with Gasteiger partial charge in [-0.25, -0.2) is 0 Å². The Morgan fingerprint density at radius 2 is 1.96 bits per heavy atom. The number of carbonyl (C=O) groups excluding carboxylic acids is 1. The molecule has 0 atom stereocenters. The second-order valence-electron chi connectivity index (χ2n) is 7.39. The molecule has 1 saturated carbocycles. The summed E-state index contributed by atoms with van der Waals surface area (Å²) in [6, 6.07) is 8.29. The summed E-state index contributed by atoms with van der Waals surface area (Å²) in [5, 5.41) is 9.57. The van der Waals surface area contributed by atoms with Crippen molar-refractivity contribution < 1.29 is 9.53 Å². The summed E-state index contributed by atoms with van der Waals surface area (Å²) in [6.45, 7) is 9.09. The van der Waals surface area contributed by atoms with Crippen LogP contribution in [0.3, 0.4) is 0 Å². The third kappa shape index (κ3) is 9.31. The monoisotopic (exact) mass is 374 g/mol. The number of aliphatic imine (C=N–C) groups is 1. The summed E-state index contributed by atoms with van der Waals surface area (Å²) in [5.74, 6) is 2.22. The van der Waals surface area contributed by atoms with E-state index in [2.05, 4.69) is 41.7 Å². The average Bonchev–Trinajstić information content (AvgIpc) is 3.44. The van der Waals surface area contributed by atoms with Crippen molar-refractivity contribution in [3.05, 3.63) is 29.8 Å². The molecular formula is C21H34N4O2. The van der Waals surface area contributed by atoms with Crippen molar-refractivity contribution in [2.75, 3.05) is 26.2 Å². The number of carbonyl (C=O) groups is 1. The third-order valence-electron chi connectivity index (χ3n) is 4.26. The quantitative estimate of drug-likeness (QED) is 0.411. The Morgan fingerprint density at radius 3 is 2.59 bits per heavy atom. The van der Waals surface area contributed by atoms with E-state index in [4.69, 9.17) is 4.74 Å². The minimum atomic E-state index is -0.0431. The zero-order valence-electron chi connectivity index (χ0n) is 16.9. The van der Waals surface area contributed by atoms with E-state index in [0.29, 0.717) is 12.0 Å². The molecule has 1 aromatic rings. The highest BCUT2D eigenvalue weighted by molar-refractivity contribution is 5.79. The van der Waals surface area contributed by atoms with Gasteiger partial charge in [-0.3, -0.25) is 9.79 Å². The molecule has 0 radical (unpaired) electrons. The standard InChI is InChI=1S/C21H34N4O2/c1-4-22-21(23-13-11-16(2)3)24-14-12-17-5-9-19(10-6-17)27-15-20(26)25-18-7-8-18/h5-6,9-10,16,18H,4,7-8,11-15H2,1-3H3,(H,25,26)(H2,22,23,24). The van der Waals surface area contributed by atoms with Gasteiger partial charge < -0.3 is 20.7 Å². The number of ether oxygens (including phenoxy) is 1. The highest BCUT2D eigenvalue weighted by atomic mass is 16.5. The minimum absolute atomic E-state index is 0.0431. The lowest BCUT2D eigenvalue weighted by Crippen LogP contribution is -2.38. The first-order valence-corrected chi connectivity index (χ1v) is 10.1. The second kappa shape index (κ2) is 11.5. The predicted molar refractivity (Wildman–Crippen MR) is 110 cm³/mol. The molecule has 3 N–H and O–H groups in total. The molecule has 27 heavy (non-hydrogen) atoms. The minimum Gasteiger partial charge on any atom is -0.484 e. The maximum Gasteiger partial charge on any atom is 0.258 e. The number of nitrogens with zero attached hydrogens (tertiary/aromatic N) is 1. The van der Waals surface area contributed by atoms with Gasteiger partial charge in [-0.1, -0.05) is 26.0 Å². The Bertz CT molecular complexity index is 595. The molecule has 6 heteroatoms. The Hall–Kier alpha value is -2.24.